The van der Waals surface area contributed by atoms with E-state index in [1.165, 1.54) is 79.2 Å². The highest BCUT2D eigenvalue weighted by Crippen LogP contribution is 2.13. The first-order valence-electron chi connectivity index (χ1n) is 8.69. The van der Waals surface area contributed by atoms with Crippen molar-refractivity contribution in [3.63, 3.8) is 0 Å². The minimum absolute atomic E-state index is 1.24. The second-order valence-electron chi connectivity index (χ2n) is 5.71. The van der Waals surface area contributed by atoms with Crippen LogP contribution in [0.1, 0.15) is 59.8 Å². The van der Waals surface area contributed by atoms with E-state index in [9.17, 15) is 0 Å². The highest BCUT2D eigenvalue weighted by Gasteiger charge is 2.02. The summed E-state index contributed by atoms with van der Waals surface area (Å²) in [7, 11) is 5.62. The van der Waals surface area contributed by atoms with Gasteiger partial charge in [-0.1, -0.05) is 47.0 Å². The molecule has 1 rings (SSSR count). The van der Waals surface area contributed by atoms with Gasteiger partial charge in [0.1, 0.15) is 0 Å². The summed E-state index contributed by atoms with van der Waals surface area (Å²) in [4.78, 5) is 4.76. The summed E-state index contributed by atoms with van der Waals surface area (Å²) in [5, 5.41) is 0. The molecule has 0 unspecified atom stereocenters. The van der Waals surface area contributed by atoms with Gasteiger partial charge < -0.3 is 9.80 Å². The Morgan fingerprint density at radius 3 is 1.50 bits per heavy atom. The van der Waals surface area contributed by atoms with Crippen LogP contribution >= 0.6 is 8.58 Å². The number of nitrogens with zero attached hydrogens (tertiary/aromatic N) is 2. The minimum Gasteiger partial charge on any atom is -0.306 e. The van der Waals surface area contributed by atoms with Gasteiger partial charge in [0, 0.05) is 13.1 Å². The Morgan fingerprint density at radius 2 is 1.30 bits per heavy atom. The molecule has 0 aromatic heterocycles. The molecule has 0 saturated carbocycles. The van der Waals surface area contributed by atoms with Crippen LogP contribution in [0.5, 0.6) is 0 Å². The third-order valence-corrected chi connectivity index (χ3v) is 4.41. The van der Waals surface area contributed by atoms with E-state index in [1.54, 1.807) is 0 Å². The van der Waals surface area contributed by atoms with Crippen molar-refractivity contribution in [3.8, 4) is 0 Å². The van der Waals surface area contributed by atoms with Crippen LogP contribution in [-0.2, 0) is 0 Å². The summed E-state index contributed by atoms with van der Waals surface area (Å²) in [6.45, 7) is 14.0. The molecule has 1 fully saturated rings. The van der Waals surface area contributed by atoms with Crippen LogP contribution in [0.15, 0.2) is 0 Å². The Labute approximate surface area is 131 Å². The molecule has 0 aromatic carbocycles. The molecule has 0 amide bonds. The summed E-state index contributed by atoms with van der Waals surface area (Å²) < 4.78 is 0. The molecule has 124 valence electrons. The molecular weight excluding hydrogens is 263 g/mol. The van der Waals surface area contributed by atoms with Crippen molar-refractivity contribution in [2.24, 2.45) is 0 Å². The molecule has 0 N–H and O–H groups in total. The number of unbranched alkanes of at least 4 members (excludes halogenated alkanes) is 2. The average molecular weight is 305 g/mol. The van der Waals surface area contributed by atoms with Gasteiger partial charge in [-0.2, -0.15) is 0 Å². The van der Waals surface area contributed by atoms with Crippen molar-refractivity contribution in [1.29, 1.82) is 0 Å². The minimum atomic E-state index is 1.24. The normalized spacial score (nSPS) is 15.2. The van der Waals surface area contributed by atoms with Crippen molar-refractivity contribution in [1.82, 2.24) is 9.80 Å². The zero-order valence-corrected chi connectivity index (χ0v) is 16.2. The SMILES string of the molecule is CCCCC.CCCN(C)CCC.CN1CCPCC1. The maximum atomic E-state index is 2.40. The Balaban J connectivity index is 0. The van der Waals surface area contributed by atoms with Crippen LogP contribution in [-0.4, -0.2) is 62.4 Å². The zero-order chi connectivity index (χ0) is 15.6. The van der Waals surface area contributed by atoms with Crippen LogP contribution in [0.2, 0.25) is 0 Å². The Bertz CT molecular complexity index is 151. The molecule has 0 spiro atoms. The fourth-order valence-corrected chi connectivity index (χ4v) is 3.34. The van der Waals surface area contributed by atoms with Crippen molar-refractivity contribution < 1.29 is 0 Å². The highest BCUT2D eigenvalue weighted by molar-refractivity contribution is 7.38. The van der Waals surface area contributed by atoms with E-state index in [0.717, 1.165) is 0 Å². The lowest BCUT2D eigenvalue weighted by atomic mass is 10.3. The van der Waals surface area contributed by atoms with E-state index in [-0.39, 0.29) is 0 Å². The van der Waals surface area contributed by atoms with Gasteiger partial charge in [0.25, 0.3) is 0 Å². The van der Waals surface area contributed by atoms with Gasteiger partial charge >= 0.3 is 0 Å². The third kappa shape index (κ3) is 20.7. The summed E-state index contributed by atoms with van der Waals surface area (Å²) in [6, 6.07) is 0. The lowest BCUT2D eigenvalue weighted by molar-refractivity contribution is 0.335. The van der Waals surface area contributed by atoms with Crippen LogP contribution in [0, 0.1) is 0 Å². The van der Waals surface area contributed by atoms with Crippen LogP contribution in [0.3, 0.4) is 0 Å². The summed E-state index contributed by atoms with van der Waals surface area (Å²) in [5.74, 6) is 0. The summed E-state index contributed by atoms with van der Waals surface area (Å²) in [5.41, 5.74) is 0. The van der Waals surface area contributed by atoms with Crippen molar-refractivity contribution in [2.45, 2.75) is 59.8 Å². The first kappa shape index (κ1) is 22.6. The van der Waals surface area contributed by atoms with Gasteiger partial charge in [-0.15, -0.1) is 8.58 Å². The zero-order valence-electron chi connectivity index (χ0n) is 15.2. The van der Waals surface area contributed by atoms with Gasteiger partial charge in [0.15, 0.2) is 0 Å². The largest absolute Gasteiger partial charge is 0.306 e. The number of rotatable bonds is 6. The first-order chi connectivity index (χ1) is 9.62. The maximum absolute atomic E-state index is 2.40. The third-order valence-electron chi connectivity index (χ3n) is 3.26. The van der Waals surface area contributed by atoms with Gasteiger partial charge in [-0.05, 0) is 52.4 Å². The molecule has 20 heavy (non-hydrogen) atoms. The standard InChI is InChI=1S/C7H17N.C5H12NP.C5H12/c1-4-6-8(3)7-5-2;1-6-2-4-7-5-3-6;1-3-5-4-2/h4-7H2,1-3H3;7H,2-5H2,1H3;3-5H2,1-2H3. The summed E-state index contributed by atoms with van der Waals surface area (Å²) in [6.07, 6.45) is 9.51. The number of hydrogen-bond donors (Lipinski definition) is 0. The molecule has 1 aliphatic heterocycles. The lowest BCUT2D eigenvalue weighted by Crippen LogP contribution is -2.27. The molecule has 1 saturated heterocycles. The fourth-order valence-electron chi connectivity index (χ4n) is 2.01. The molecule has 0 aliphatic carbocycles. The highest BCUT2D eigenvalue weighted by atomic mass is 31.1. The quantitative estimate of drug-likeness (QED) is 0.664. The predicted molar refractivity (Wildman–Crippen MR) is 98.8 cm³/mol. The van der Waals surface area contributed by atoms with Gasteiger partial charge in [-0.25, -0.2) is 0 Å². The van der Waals surface area contributed by atoms with E-state index in [0.29, 0.717) is 0 Å². The topological polar surface area (TPSA) is 6.48 Å². The fraction of sp³-hybridized carbons (Fsp3) is 1.00. The van der Waals surface area contributed by atoms with Crippen LogP contribution in [0.4, 0.5) is 0 Å². The van der Waals surface area contributed by atoms with E-state index in [2.05, 4.69) is 51.6 Å². The smallest absolute Gasteiger partial charge is 0.00154 e. The summed E-state index contributed by atoms with van der Waals surface area (Å²) >= 11 is 0. The molecule has 0 radical (unpaired) electrons. The monoisotopic (exact) mass is 304 g/mol. The first-order valence-corrected chi connectivity index (χ1v) is 10.1. The molecule has 0 atom stereocenters. The Hall–Kier alpha value is 0.350. The Kier molecular flexibility index (Phi) is 21.9. The predicted octanol–water partition coefficient (Wildman–Crippen LogP) is 4.55. The molecule has 0 aromatic rings. The van der Waals surface area contributed by atoms with E-state index < -0.39 is 0 Å². The van der Waals surface area contributed by atoms with Crippen molar-refractivity contribution in [2.75, 3.05) is 52.6 Å². The van der Waals surface area contributed by atoms with Crippen LogP contribution in [0.25, 0.3) is 0 Å². The van der Waals surface area contributed by atoms with Crippen molar-refractivity contribution >= 4 is 8.58 Å². The van der Waals surface area contributed by atoms with Gasteiger partial charge in [-0.3, -0.25) is 0 Å². The van der Waals surface area contributed by atoms with E-state index >= 15 is 0 Å². The molecule has 0 bridgehead atoms. The second kappa shape index (κ2) is 19.4. The molecule has 2 nitrogen and oxygen atoms in total. The average Bonchev–Trinajstić information content (AvgIpc) is 2.42. The van der Waals surface area contributed by atoms with E-state index in [1.807, 2.05) is 0 Å². The maximum Gasteiger partial charge on any atom is 0.00154 e. The van der Waals surface area contributed by atoms with Gasteiger partial charge in [0.2, 0.25) is 0 Å². The van der Waals surface area contributed by atoms with E-state index in [4.69, 9.17) is 0 Å². The molecule has 1 aliphatic rings. The number of hydrogen-bond acceptors (Lipinski definition) is 2. The molecule has 1 heterocycles. The molecular formula is C17H41N2P. The Morgan fingerprint density at radius 1 is 0.850 bits per heavy atom. The lowest BCUT2D eigenvalue weighted by Gasteiger charge is -2.20. The van der Waals surface area contributed by atoms with Crippen molar-refractivity contribution in [3.05, 3.63) is 0 Å². The van der Waals surface area contributed by atoms with Gasteiger partial charge in [0.05, 0.1) is 0 Å². The molecule has 3 heteroatoms. The van der Waals surface area contributed by atoms with Crippen LogP contribution < -0.4 is 0 Å². The second-order valence-corrected chi connectivity index (χ2v) is 7.21.